The lowest BCUT2D eigenvalue weighted by atomic mass is 10.2. The van der Waals surface area contributed by atoms with E-state index in [0.717, 1.165) is 16.7 Å². The lowest BCUT2D eigenvalue weighted by molar-refractivity contribution is -0.384. The monoisotopic (exact) mass is 526 g/mol. The van der Waals surface area contributed by atoms with Crippen LogP contribution in [0.15, 0.2) is 59.6 Å². The third-order valence-electron chi connectivity index (χ3n) is 4.03. The van der Waals surface area contributed by atoms with Crippen LogP contribution in [0.2, 0.25) is 0 Å². The minimum atomic E-state index is -0.415. The summed E-state index contributed by atoms with van der Waals surface area (Å²) in [5, 5.41) is 17.2. The molecule has 0 aliphatic carbocycles. The Morgan fingerprint density at radius 3 is 2.27 bits per heavy atom. The zero-order chi connectivity index (χ0) is 21.2. The highest BCUT2D eigenvalue weighted by Gasteiger charge is 2.06. The van der Waals surface area contributed by atoms with Crippen molar-refractivity contribution in [2.75, 3.05) is 20.8 Å². The molecule has 30 heavy (non-hydrogen) atoms. The van der Waals surface area contributed by atoms with Crippen molar-refractivity contribution in [3.63, 3.8) is 0 Å². The van der Waals surface area contributed by atoms with Crippen LogP contribution in [0, 0.1) is 10.1 Å². The lowest BCUT2D eigenvalue weighted by Gasteiger charge is -2.13. The fourth-order valence-corrected chi connectivity index (χ4v) is 2.48. The number of aliphatic imine (C=N–C) groups is 1. The van der Waals surface area contributed by atoms with Gasteiger partial charge in [-0.05, 0) is 30.2 Å². The minimum absolute atomic E-state index is 0. The molecule has 2 aromatic rings. The number of methoxy groups -OCH3 is 2. The summed E-state index contributed by atoms with van der Waals surface area (Å²) in [6, 6.07) is 12.1. The molecule has 2 N–H and O–H groups in total. The molecule has 0 radical (unpaired) electrons. The molecule has 9 heteroatoms. The van der Waals surface area contributed by atoms with E-state index in [4.69, 9.17) is 9.47 Å². The van der Waals surface area contributed by atoms with Crippen molar-refractivity contribution < 1.29 is 14.4 Å². The number of hydrogen-bond acceptors (Lipinski definition) is 5. The Morgan fingerprint density at radius 1 is 1.07 bits per heavy atom. The van der Waals surface area contributed by atoms with E-state index in [2.05, 4.69) is 22.2 Å². The average Bonchev–Trinajstić information content (AvgIpc) is 2.73. The molecule has 0 bridgehead atoms. The van der Waals surface area contributed by atoms with Crippen LogP contribution in [0.25, 0.3) is 0 Å². The van der Waals surface area contributed by atoms with Gasteiger partial charge >= 0.3 is 0 Å². The second-order valence-electron chi connectivity index (χ2n) is 6.44. The van der Waals surface area contributed by atoms with Crippen molar-refractivity contribution in [3.8, 4) is 11.5 Å². The molecule has 0 aliphatic heterocycles. The normalized spacial score (nSPS) is 10.6. The van der Waals surface area contributed by atoms with E-state index in [1.807, 2.05) is 25.1 Å². The van der Waals surface area contributed by atoms with Gasteiger partial charge in [-0.1, -0.05) is 30.4 Å². The molecule has 0 atom stereocenters. The Bertz CT molecular complexity index is 885. The van der Waals surface area contributed by atoms with Crippen molar-refractivity contribution in [2.24, 2.45) is 4.99 Å². The van der Waals surface area contributed by atoms with Gasteiger partial charge in [0.25, 0.3) is 5.69 Å². The number of benzene rings is 2. The van der Waals surface area contributed by atoms with Gasteiger partial charge in [0, 0.05) is 25.2 Å². The molecule has 0 aromatic heterocycles. The van der Waals surface area contributed by atoms with Gasteiger partial charge in [-0.25, -0.2) is 4.99 Å². The number of nitrogens with zero attached hydrogens (tertiary/aromatic N) is 2. The first kappa shape index (κ1) is 25.2. The first-order valence-corrected chi connectivity index (χ1v) is 9.03. The van der Waals surface area contributed by atoms with Gasteiger partial charge in [0.1, 0.15) is 0 Å². The number of hydrogen-bond donors (Lipinski definition) is 2. The van der Waals surface area contributed by atoms with E-state index < -0.39 is 4.92 Å². The third-order valence-corrected chi connectivity index (χ3v) is 4.03. The molecule has 0 spiro atoms. The van der Waals surface area contributed by atoms with Crippen molar-refractivity contribution in [1.29, 1.82) is 0 Å². The largest absolute Gasteiger partial charge is 0.493 e. The van der Waals surface area contributed by atoms with Gasteiger partial charge in [0.05, 0.1) is 25.7 Å². The van der Waals surface area contributed by atoms with Crippen LogP contribution in [-0.4, -0.2) is 31.6 Å². The molecule has 0 aliphatic rings. The van der Waals surface area contributed by atoms with E-state index in [9.17, 15) is 10.1 Å². The Balaban J connectivity index is 0.00000450. The van der Waals surface area contributed by atoms with Crippen LogP contribution in [0.4, 0.5) is 5.69 Å². The first-order chi connectivity index (χ1) is 13.9. The van der Waals surface area contributed by atoms with Crippen LogP contribution in [-0.2, 0) is 13.1 Å². The fraction of sp³-hybridized carbons (Fsp3) is 0.286. The molecule has 0 fully saturated rings. The summed E-state index contributed by atoms with van der Waals surface area (Å²) in [7, 11) is 3.19. The Kier molecular flexibility index (Phi) is 10.7. The van der Waals surface area contributed by atoms with E-state index in [1.165, 1.54) is 12.1 Å². The van der Waals surface area contributed by atoms with E-state index >= 15 is 0 Å². The van der Waals surface area contributed by atoms with E-state index in [-0.39, 0.29) is 29.7 Å². The summed E-state index contributed by atoms with van der Waals surface area (Å²) in [5.41, 5.74) is 2.92. The van der Waals surface area contributed by atoms with Crippen molar-refractivity contribution in [2.45, 2.75) is 20.0 Å². The minimum Gasteiger partial charge on any atom is -0.493 e. The summed E-state index contributed by atoms with van der Waals surface area (Å²) in [6.45, 7) is 7.31. The molecule has 2 aromatic carbocycles. The Labute approximate surface area is 193 Å². The molecule has 0 unspecified atom stereocenters. The molecule has 0 saturated carbocycles. The smallest absolute Gasteiger partial charge is 0.269 e. The maximum Gasteiger partial charge on any atom is 0.269 e. The van der Waals surface area contributed by atoms with Crippen molar-refractivity contribution in [1.82, 2.24) is 10.6 Å². The van der Waals surface area contributed by atoms with Gasteiger partial charge in [-0.3, -0.25) is 10.1 Å². The molecular weight excluding hydrogens is 499 g/mol. The number of rotatable bonds is 9. The number of guanidine groups is 1. The molecular formula is C21H27IN4O4. The van der Waals surface area contributed by atoms with Gasteiger partial charge in [-0.15, -0.1) is 24.0 Å². The second-order valence-corrected chi connectivity index (χ2v) is 6.44. The number of non-ortho nitro benzene ring substituents is 1. The highest BCUT2D eigenvalue weighted by molar-refractivity contribution is 14.0. The van der Waals surface area contributed by atoms with Crippen LogP contribution < -0.4 is 20.1 Å². The van der Waals surface area contributed by atoms with Gasteiger partial charge in [-0.2, -0.15) is 0 Å². The van der Waals surface area contributed by atoms with Gasteiger partial charge in [0.15, 0.2) is 17.5 Å². The predicted octanol–water partition coefficient (Wildman–Crippen LogP) is 4.04. The van der Waals surface area contributed by atoms with Crippen molar-refractivity contribution in [3.05, 3.63) is 75.9 Å². The van der Waals surface area contributed by atoms with Crippen LogP contribution in [0.3, 0.4) is 0 Å². The second kappa shape index (κ2) is 12.7. The Morgan fingerprint density at radius 2 is 1.70 bits per heavy atom. The highest BCUT2D eigenvalue weighted by Crippen LogP contribution is 2.27. The summed E-state index contributed by atoms with van der Waals surface area (Å²) >= 11 is 0. The predicted molar refractivity (Wildman–Crippen MR) is 129 cm³/mol. The van der Waals surface area contributed by atoms with E-state index in [0.29, 0.717) is 37.1 Å². The third kappa shape index (κ3) is 7.90. The number of nitrogens with one attached hydrogen (secondary N) is 2. The molecule has 0 heterocycles. The van der Waals surface area contributed by atoms with Crippen LogP contribution >= 0.6 is 24.0 Å². The fourth-order valence-electron chi connectivity index (χ4n) is 2.48. The van der Waals surface area contributed by atoms with Gasteiger partial charge < -0.3 is 20.1 Å². The number of ether oxygens (including phenoxy) is 2. The zero-order valence-electron chi connectivity index (χ0n) is 17.3. The summed E-state index contributed by atoms with van der Waals surface area (Å²) in [5.74, 6) is 1.92. The molecule has 8 nitrogen and oxygen atoms in total. The molecule has 162 valence electrons. The molecule has 2 rings (SSSR count). The van der Waals surface area contributed by atoms with Gasteiger partial charge in [0.2, 0.25) is 0 Å². The standard InChI is InChI=1S/C21H26N4O4.HI/c1-15(2)12-22-21(23-13-16-5-8-18(9-6-16)25(26)27)24-14-17-7-10-19(28-3)20(11-17)29-4;/h5-11H,1,12-14H2,2-4H3,(H2,22,23,24);1H. The van der Waals surface area contributed by atoms with Crippen LogP contribution in [0.1, 0.15) is 18.1 Å². The average molecular weight is 526 g/mol. The number of halogens is 1. The summed E-state index contributed by atoms with van der Waals surface area (Å²) in [6.07, 6.45) is 0. The highest BCUT2D eigenvalue weighted by atomic mass is 127. The summed E-state index contributed by atoms with van der Waals surface area (Å²) < 4.78 is 10.6. The lowest BCUT2D eigenvalue weighted by Crippen LogP contribution is -2.37. The zero-order valence-corrected chi connectivity index (χ0v) is 19.6. The van der Waals surface area contributed by atoms with E-state index in [1.54, 1.807) is 26.4 Å². The molecule has 0 amide bonds. The maximum atomic E-state index is 10.8. The maximum absolute atomic E-state index is 10.8. The quantitative estimate of drug-likeness (QED) is 0.128. The summed E-state index contributed by atoms with van der Waals surface area (Å²) in [4.78, 5) is 15.0. The SMILES string of the molecule is C=C(C)CNC(=NCc1ccc(OC)c(OC)c1)NCc1ccc([N+](=O)[O-])cc1.I. The first-order valence-electron chi connectivity index (χ1n) is 9.03. The number of nitro groups is 1. The van der Waals surface area contributed by atoms with Crippen molar-refractivity contribution >= 4 is 35.6 Å². The van der Waals surface area contributed by atoms with Crippen LogP contribution in [0.5, 0.6) is 11.5 Å². The molecule has 0 saturated heterocycles. The number of nitro benzene ring substituents is 1. The topological polar surface area (TPSA) is 98.0 Å². The Hall–Kier alpha value is -2.82.